The van der Waals surface area contributed by atoms with Gasteiger partial charge in [0.05, 0.1) is 10.9 Å². The number of aromatic amines is 2. The molecule has 0 saturated carbocycles. The smallest absolute Gasteiger partial charge is 0.239 e. The van der Waals surface area contributed by atoms with Crippen LogP contribution in [0, 0.1) is 0 Å². The summed E-state index contributed by atoms with van der Waals surface area (Å²) in [6, 6.07) is 6.16. The number of fused-ring (bicyclic) bond motifs is 3. The summed E-state index contributed by atoms with van der Waals surface area (Å²) in [5.74, 6) is 0. The molecule has 2 heterocycles. The highest BCUT2D eigenvalue weighted by molar-refractivity contribution is 5.98. The van der Waals surface area contributed by atoms with Gasteiger partial charge >= 0.3 is 0 Å². The molecule has 0 bridgehead atoms. The Balaban J connectivity index is 2.65. The second kappa shape index (κ2) is 2.29. The van der Waals surface area contributed by atoms with Crippen LogP contribution in [-0.4, -0.2) is 9.97 Å². The molecule has 0 spiro atoms. The number of nitrogens with zero attached hydrogens (tertiary/aromatic N) is 1. The van der Waals surface area contributed by atoms with E-state index in [2.05, 4.69) is 21.0 Å². The third-order valence-corrected chi connectivity index (χ3v) is 2.22. The lowest BCUT2D eigenvalue weighted by Crippen LogP contribution is -1.96. The monoisotopic (exact) mass is 170 g/mol. The summed E-state index contributed by atoms with van der Waals surface area (Å²) in [5.41, 5.74) is 3.14. The Labute approximate surface area is 74.4 Å². The van der Waals surface area contributed by atoms with E-state index in [-0.39, 0.29) is 0 Å². The average Bonchev–Trinajstić information content (AvgIpc) is 2.65. The van der Waals surface area contributed by atoms with E-state index in [0.717, 1.165) is 16.6 Å². The standard InChI is InChI=1S/C10H7N3/c1-2-8-10(13-6-5-11-8)9-7(1)3-4-12-9/h1-6,11H/p+1. The first kappa shape index (κ1) is 6.60. The van der Waals surface area contributed by atoms with Crippen molar-refractivity contribution in [2.45, 2.75) is 0 Å². The number of H-pyrrole nitrogens is 2. The van der Waals surface area contributed by atoms with Crippen LogP contribution in [0.1, 0.15) is 0 Å². The molecule has 2 N–H and O–H groups in total. The highest BCUT2D eigenvalue weighted by Crippen LogP contribution is 2.17. The van der Waals surface area contributed by atoms with Gasteiger partial charge in [-0.05, 0) is 12.1 Å². The largest absolute Gasteiger partial charge is 0.358 e. The van der Waals surface area contributed by atoms with Crippen LogP contribution in [0.25, 0.3) is 21.9 Å². The summed E-state index contributed by atoms with van der Waals surface area (Å²) in [5, 5.41) is 1.19. The minimum Gasteiger partial charge on any atom is -0.358 e. The van der Waals surface area contributed by atoms with E-state index >= 15 is 0 Å². The lowest BCUT2D eigenvalue weighted by atomic mass is 10.2. The molecule has 0 atom stereocenters. The molecular formula is C10H8N3+. The van der Waals surface area contributed by atoms with Gasteiger partial charge in [0, 0.05) is 18.5 Å². The van der Waals surface area contributed by atoms with Crippen molar-refractivity contribution in [2.75, 3.05) is 0 Å². The van der Waals surface area contributed by atoms with Crippen LogP contribution in [0.4, 0.5) is 0 Å². The van der Waals surface area contributed by atoms with Gasteiger partial charge in [-0.2, -0.15) is 0 Å². The van der Waals surface area contributed by atoms with E-state index in [9.17, 15) is 0 Å². The van der Waals surface area contributed by atoms with Gasteiger partial charge in [-0.3, -0.25) is 0 Å². The van der Waals surface area contributed by atoms with E-state index in [1.165, 1.54) is 5.39 Å². The lowest BCUT2D eigenvalue weighted by molar-refractivity contribution is -0.340. The van der Waals surface area contributed by atoms with Crippen molar-refractivity contribution in [2.24, 2.45) is 0 Å². The molecule has 62 valence electrons. The van der Waals surface area contributed by atoms with Gasteiger partial charge in [0.15, 0.2) is 11.7 Å². The van der Waals surface area contributed by atoms with E-state index in [1.54, 1.807) is 6.20 Å². The summed E-state index contributed by atoms with van der Waals surface area (Å²) < 4.78 is 0. The molecule has 0 radical (unpaired) electrons. The molecule has 3 nitrogen and oxygen atoms in total. The van der Waals surface area contributed by atoms with Crippen molar-refractivity contribution >= 4 is 21.9 Å². The Morgan fingerprint density at radius 3 is 3.23 bits per heavy atom. The SMILES string of the molecule is c1c[nH]c2ccc3cc[nH+]c3c2n1. The normalized spacial score (nSPS) is 11.1. The van der Waals surface area contributed by atoms with Crippen molar-refractivity contribution in [3.8, 4) is 0 Å². The van der Waals surface area contributed by atoms with Crippen LogP contribution >= 0.6 is 0 Å². The zero-order valence-corrected chi connectivity index (χ0v) is 6.91. The Morgan fingerprint density at radius 1 is 1.23 bits per heavy atom. The van der Waals surface area contributed by atoms with Crippen LogP contribution in [0.15, 0.2) is 36.8 Å². The summed E-state index contributed by atoms with van der Waals surface area (Å²) in [7, 11) is 0. The average molecular weight is 170 g/mol. The molecule has 3 heteroatoms. The minimum absolute atomic E-state index is 0.991. The second-order valence-electron chi connectivity index (χ2n) is 2.99. The van der Waals surface area contributed by atoms with E-state index in [1.807, 2.05) is 24.5 Å². The summed E-state index contributed by atoms with van der Waals surface area (Å²) in [6.07, 6.45) is 5.53. The van der Waals surface area contributed by atoms with Crippen LogP contribution in [0.2, 0.25) is 0 Å². The highest BCUT2D eigenvalue weighted by atomic mass is 14.8. The first-order valence-electron chi connectivity index (χ1n) is 4.18. The maximum atomic E-state index is 4.32. The van der Waals surface area contributed by atoms with Crippen molar-refractivity contribution in [1.29, 1.82) is 0 Å². The molecule has 0 aliphatic carbocycles. The summed E-state index contributed by atoms with van der Waals surface area (Å²) in [6.45, 7) is 0. The summed E-state index contributed by atoms with van der Waals surface area (Å²) >= 11 is 0. The van der Waals surface area contributed by atoms with Gasteiger partial charge in [0.25, 0.3) is 0 Å². The maximum Gasteiger partial charge on any atom is 0.239 e. The number of aromatic nitrogens is 3. The molecule has 0 amide bonds. The molecule has 0 fully saturated rings. The molecule has 1 aromatic carbocycles. The van der Waals surface area contributed by atoms with Crippen molar-refractivity contribution in [1.82, 2.24) is 9.97 Å². The summed E-state index contributed by atoms with van der Waals surface area (Å²) in [4.78, 5) is 10.6. The highest BCUT2D eigenvalue weighted by Gasteiger charge is 2.07. The quantitative estimate of drug-likeness (QED) is 0.546. The number of benzene rings is 1. The van der Waals surface area contributed by atoms with Gasteiger partial charge in [-0.15, -0.1) is 0 Å². The number of rotatable bonds is 0. The Kier molecular flexibility index (Phi) is 1.16. The molecule has 13 heavy (non-hydrogen) atoms. The predicted molar refractivity (Wildman–Crippen MR) is 50.2 cm³/mol. The number of nitrogens with one attached hydrogen (secondary N) is 2. The first-order valence-corrected chi connectivity index (χ1v) is 4.18. The Morgan fingerprint density at radius 2 is 2.23 bits per heavy atom. The fraction of sp³-hybridized carbons (Fsp3) is 0. The van der Waals surface area contributed by atoms with Crippen molar-refractivity contribution < 1.29 is 4.98 Å². The van der Waals surface area contributed by atoms with E-state index < -0.39 is 0 Å². The zero-order valence-electron chi connectivity index (χ0n) is 6.91. The van der Waals surface area contributed by atoms with Crippen molar-refractivity contribution in [3.63, 3.8) is 0 Å². The van der Waals surface area contributed by atoms with Gasteiger partial charge in [-0.1, -0.05) is 0 Å². The Bertz CT molecular complexity index is 568. The van der Waals surface area contributed by atoms with Gasteiger partial charge < -0.3 is 4.98 Å². The van der Waals surface area contributed by atoms with Gasteiger partial charge in [0.2, 0.25) is 5.52 Å². The first-order chi connectivity index (χ1) is 6.45. The maximum absolute atomic E-state index is 4.32. The minimum atomic E-state index is 0.991. The van der Waals surface area contributed by atoms with Crippen molar-refractivity contribution in [3.05, 3.63) is 36.8 Å². The third-order valence-electron chi connectivity index (χ3n) is 2.22. The van der Waals surface area contributed by atoms with E-state index in [0.29, 0.717) is 0 Å². The topological polar surface area (TPSA) is 42.8 Å². The van der Waals surface area contributed by atoms with Crippen LogP contribution in [-0.2, 0) is 0 Å². The molecular weight excluding hydrogens is 162 g/mol. The van der Waals surface area contributed by atoms with Crippen LogP contribution < -0.4 is 4.98 Å². The number of hydrogen-bond acceptors (Lipinski definition) is 1. The number of hydrogen-bond donors (Lipinski definition) is 1. The fourth-order valence-corrected chi connectivity index (χ4v) is 1.60. The van der Waals surface area contributed by atoms with Crippen LogP contribution in [0.3, 0.4) is 0 Å². The molecule has 0 unspecified atom stereocenters. The molecule has 0 aliphatic rings. The third kappa shape index (κ3) is 0.839. The van der Waals surface area contributed by atoms with Crippen LogP contribution in [0.5, 0.6) is 0 Å². The lowest BCUT2D eigenvalue weighted by Gasteiger charge is -1.93. The zero-order chi connectivity index (χ0) is 8.67. The fourth-order valence-electron chi connectivity index (χ4n) is 1.60. The molecule has 0 saturated heterocycles. The predicted octanol–water partition coefficient (Wildman–Crippen LogP) is 1.53. The van der Waals surface area contributed by atoms with E-state index in [4.69, 9.17) is 0 Å². The Hall–Kier alpha value is -1.90. The molecule has 0 aliphatic heterocycles. The second-order valence-corrected chi connectivity index (χ2v) is 2.99. The van der Waals surface area contributed by atoms with Gasteiger partial charge in [-0.25, -0.2) is 9.97 Å². The molecule has 3 aromatic rings. The molecule has 2 aromatic heterocycles. The molecule has 3 rings (SSSR count). The van der Waals surface area contributed by atoms with Gasteiger partial charge in [0.1, 0.15) is 0 Å².